The first-order chi connectivity index (χ1) is 16.2. The number of ether oxygens (including phenoxy) is 4. The number of hydrogen-bond acceptors (Lipinski definition) is 6. The summed E-state index contributed by atoms with van der Waals surface area (Å²) in [7, 11) is 0. The van der Waals surface area contributed by atoms with Crippen LogP contribution in [0.2, 0.25) is 0 Å². The number of nitrogens with zero attached hydrogens (tertiary/aromatic N) is 1. The van der Waals surface area contributed by atoms with E-state index in [1.165, 1.54) is 51.4 Å². The first kappa shape index (κ1) is 29.4. The summed E-state index contributed by atoms with van der Waals surface area (Å²) in [5.41, 5.74) is 1.01. The Hall–Kier alpha value is -1.66. The molecule has 1 aromatic rings. The molecule has 0 fully saturated rings. The average molecular weight is 466 g/mol. The van der Waals surface area contributed by atoms with Gasteiger partial charge in [-0.05, 0) is 38.3 Å². The molecule has 0 aromatic carbocycles. The number of hydrogen-bond donors (Lipinski definition) is 0. The van der Waals surface area contributed by atoms with Gasteiger partial charge < -0.3 is 18.9 Å². The average Bonchev–Trinajstić information content (AvgIpc) is 2.82. The van der Waals surface area contributed by atoms with E-state index in [9.17, 15) is 4.79 Å². The van der Waals surface area contributed by atoms with Crippen LogP contribution in [0.3, 0.4) is 0 Å². The second kappa shape index (κ2) is 22.1. The third-order valence-corrected chi connectivity index (χ3v) is 5.43. The van der Waals surface area contributed by atoms with E-state index in [1.54, 1.807) is 6.20 Å². The van der Waals surface area contributed by atoms with Gasteiger partial charge >= 0.3 is 5.97 Å². The standard InChI is InChI=1S/C27H47NO5/c1-3-4-5-13-18-30-20-21-31-22-23-33-27(29)15-12-10-8-6-7-9-11-14-19-32-26-17-16-25(2)28-24-26/h16-17,24H,3-15,18-23H2,1-2H3. The minimum atomic E-state index is -0.116. The van der Waals surface area contributed by atoms with Crippen molar-refractivity contribution in [2.45, 2.75) is 97.3 Å². The fourth-order valence-corrected chi connectivity index (χ4v) is 3.40. The van der Waals surface area contributed by atoms with Crippen LogP contribution >= 0.6 is 0 Å². The lowest BCUT2D eigenvalue weighted by molar-refractivity contribution is -0.145. The van der Waals surface area contributed by atoms with E-state index in [2.05, 4.69) is 11.9 Å². The number of esters is 1. The molecule has 0 atom stereocenters. The lowest BCUT2D eigenvalue weighted by Crippen LogP contribution is -2.13. The fraction of sp³-hybridized carbons (Fsp3) is 0.778. The number of carbonyl (C=O) groups is 1. The molecule has 190 valence electrons. The Morgan fingerprint density at radius 3 is 2.03 bits per heavy atom. The zero-order chi connectivity index (χ0) is 23.8. The van der Waals surface area contributed by atoms with Crippen molar-refractivity contribution >= 4 is 5.97 Å². The Morgan fingerprint density at radius 2 is 1.33 bits per heavy atom. The maximum Gasteiger partial charge on any atom is 0.305 e. The minimum Gasteiger partial charge on any atom is -0.492 e. The van der Waals surface area contributed by atoms with Crippen molar-refractivity contribution in [3.8, 4) is 5.75 Å². The highest BCUT2D eigenvalue weighted by Gasteiger charge is 2.03. The van der Waals surface area contributed by atoms with Crippen molar-refractivity contribution in [2.24, 2.45) is 0 Å². The Balaban J connectivity index is 1.75. The molecule has 1 rings (SSSR count). The molecular formula is C27H47NO5. The molecule has 0 aliphatic carbocycles. The Labute approximate surface area is 201 Å². The summed E-state index contributed by atoms with van der Waals surface area (Å²) in [6.07, 6.45) is 16.3. The fourth-order valence-electron chi connectivity index (χ4n) is 3.40. The molecular weight excluding hydrogens is 418 g/mol. The van der Waals surface area contributed by atoms with Crippen molar-refractivity contribution in [3.63, 3.8) is 0 Å². The molecule has 0 aliphatic heterocycles. The van der Waals surface area contributed by atoms with E-state index in [0.717, 1.165) is 50.3 Å². The lowest BCUT2D eigenvalue weighted by Gasteiger charge is -2.07. The van der Waals surface area contributed by atoms with Crippen LogP contribution in [0.25, 0.3) is 0 Å². The molecule has 0 bridgehead atoms. The number of aryl methyl sites for hydroxylation is 1. The lowest BCUT2D eigenvalue weighted by atomic mass is 10.1. The minimum absolute atomic E-state index is 0.116. The van der Waals surface area contributed by atoms with Gasteiger partial charge in [-0.15, -0.1) is 0 Å². The molecule has 33 heavy (non-hydrogen) atoms. The van der Waals surface area contributed by atoms with E-state index in [1.807, 2.05) is 19.1 Å². The topological polar surface area (TPSA) is 66.9 Å². The predicted molar refractivity (Wildman–Crippen MR) is 133 cm³/mol. The molecule has 0 unspecified atom stereocenters. The molecule has 6 nitrogen and oxygen atoms in total. The Morgan fingerprint density at radius 1 is 0.727 bits per heavy atom. The van der Waals surface area contributed by atoms with Crippen molar-refractivity contribution in [3.05, 3.63) is 24.0 Å². The van der Waals surface area contributed by atoms with Gasteiger partial charge in [0, 0.05) is 18.7 Å². The summed E-state index contributed by atoms with van der Waals surface area (Å²) in [5.74, 6) is 0.735. The van der Waals surface area contributed by atoms with Gasteiger partial charge in [-0.1, -0.05) is 64.7 Å². The van der Waals surface area contributed by atoms with Gasteiger partial charge in [-0.25, -0.2) is 0 Å². The van der Waals surface area contributed by atoms with E-state index in [0.29, 0.717) is 32.8 Å². The third kappa shape index (κ3) is 19.5. The molecule has 0 saturated carbocycles. The van der Waals surface area contributed by atoms with Crippen molar-refractivity contribution in [2.75, 3.05) is 39.6 Å². The summed E-state index contributed by atoms with van der Waals surface area (Å²) >= 11 is 0. The van der Waals surface area contributed by atoms with Crippen LogP contribution in [-0.2, 0) is 19.0 Å². The number of carbonyl (C=O) groups excluding carboxylic acids is 1. The molecule has 0 amide bonds. The van der Waals surface area contributed by atoms with Gasteiger partial charge in [0.15, 0.2) is 0 Å². The molecule has 0 aliphatic rings. The van der Waals surface area contributed by atoms with Gasteiger partial charge in [0.05, 0.1) is 32.6 Å². The zero-order valence-corrected chi connectivity index (χ0v) is 21.2. The van der Waals surface area contributed by atoms with Crippen molar-refractivity contribution in [1.29, 1.82) is 0 Å². The number of pyridine rings is 1. The monoisotopic (exact) mass is 465 g/mol. The summed E-state index contributed by atoms with van der Waals surface area (Å²) in [5, 5.41) is 0. The van der Waals surface area contributed by atoms with Gasteiger partial charge in [0.25, 0.3) is 0 Å². The van der Waals surface area contributed by atoms with Crippen molar-refractivity contribution in [1.82, 2.24) is 4.98 Å². The summed E-state index contributed by atoms with van der Waals surface area (Å²) in [6, 6.07) is 3.94. The molecule has 6 heteroatoms. The molecule has 0 radical (unpaired) electrons. The van der Waals surface area contributed by atoms with Crippen molar-refractivity contribution < 1.29 is 23.7 Å². The third-order valence-electron chi connectivity index (χ3n) is 5.43. The Bertz CT molecular complexity index is 564. The quantitative estimate of drug-likeness (QED) is 0.137. The van der Waals surface area contributed by atoms with Crippen LogP contribution in [0.5, 0.6) is 5.75 Å². The molecule has 1 heterocycles. The van der Waals surface area contributed by atoms with E-state index in [4.69, 9.17) is 18.9 Å². The maximum absolute atomic E-state index is 11.7. The van der Waals surface area contributed by atoms with Crippen LogP contribution in [0.4, 0.5) is 0 Å². The molecule has 0 N–H and O–H groups in total. The van der Waals surface area contributed by atoms with Crippen LogP contribution in [0.1, 0.15) is 96.1 Å². The highest BCUT2D eigenvalue weighted by molar-refractivity contribution is 5.69. The van der Waals surface area contributed by atoms with E-state index >= 15 is 0 Å². The maximum atomic E-state index is 11.7. The van der Waals surface area contributed by atoms with Crippen LogP contribution in [0.15, 0.2) is 18.3 Å². The molecule has 0 spiro atoms. The smallest absolute Gasteiger partial charge is 0.305 e. The normalized spacial score (nSPS) is 11.0. The molecule has 0 saturated heterocycles. The van der Waals surface area contributed by atoms with E-state index < -0.39 is 0 Å². The SMILES string of the molecule is CCCCCCOCCOCCOC(=O)CCCCCCCCCCOc1ccc(C)nc1. The number of unbranched alkanes of at least 4 members (excludes halogenated alkanes) is 10. The Kier molecular flexibility index (Phi) is 19.7. The van der Waals surface area contributed by atoms with Crippen LogP contribution in [0, 0.1) is 6.92 Å². The highest BCUT2D eigenvalue weighted by atomic mass is 16.6. The summed E-state index contributed by atoms with van der Waals surface area (Å²) < 4.78 is 21.8. The van der Waals surface area contributed by atoms with Gasteiger partial charge in [-0.3, -0.25) is 9.78 Å². The van der Waals surface area contributed by atoms with Gasteiger partial charge in [0.2, 0.25) is 0 Å². The predicted octanol–water partition coefficient (Wildman–Crippen LogP) is 6.44. The second-order valence-corrected chi connectivity index (χ2v) is 8.57. The van der Waals surface area contributed by atoms with E-state index in [-0.39, 0.29) is 5.97 Å². The number of aromatic nitrogens is 1. The first-order valence-electron chi connectivity index (χ1n) is 13.1. The summed E-state index contributed by atoms with van der Waals surface area (Å²) in [6.45, 7) is 7.68. The van der Waals surface area contributed by atoms with Gasteiger partial charge in [0.1, 0.15) is 12.4 Å². The van der Waals surface area contributed by atoms with Crippen LogP contribution < -0.4 is 4.74 Å². The van der Waals surface area contributed by atoms with Crippen LogP contribution in [-0.4, -0.2) is 50.6 Å². The van der Waals surface area contributed by atoms with Gasteiger partial charge in [-0.2, -0.15) is 0 Å². The molecule has 1 aromatic heterocycles. The highest BCUT2D eigenvalue weighted by Crippen LogP contribution is 2.12. The summed E-state index contributed by atoms with van der Waals surface area (Å²) in [4.78, 5) is 16.0. The second-order valence-electron chi connectivity index (χ2n) is 8.57. The first-order valence-corrected chi connectivity index (χ1v) is 13.1. The number of rotatable bonds is 23. The largest absolute Gasteiger partial charge is 0.492 e. The zero-order valence-electron chi connectivity index (χ0n) is 21.2.